The summed E-state index contributed by atoms with van der Waals surface area (Å²) in [7, 11) is 0. The van der Waals surface area contributed by atoms with Crippen LogP contribution in [0.1, 0.15) is 45.9 Å². The molecule has 0 radical (unpaired) electrons. The van der Waals surface area contributed by atoms with Crippen LogP contribution < -0.4 is 11.1 Å². The normalized spacial score (nSPS) is 22.9. The Bertz CT molecular complexity index is 623. The van der Waals surface area contributed by atoms with Crippen molar-refractivity contribution in [3.8, 4) is 0 Å². The lowest BCUT2D eigenvalue weighted by molar-refractivity contribution is 0.516. The van der Waals surface area contributed by atoms with Crippen molar-refractivity contribution < 1.29 is 0 Å². The molecule has 1 aromatic heterocycles. The number of H-pyrrole nitrogens is 1. The molecule has 4 nitrogen and oxygen atoms in total. The van der Waals surface area contributed by atoms with Crippen LogP contribution >= 0.6 is 0 Å². The quantitative estimate of drug-likeness (QED) is 0.810. The average molecular weight is 286 g/mol. The summed E-state index contributed by atoms with van der Waals surface area (Å²) in [6.45, 7) is 7.30. The van der Waals surface area contributed by atoms with Crippen LogP contribution in [0.2, 0.25) is 0 Å². The highest BCUT2D eigenvalue weighted by Crippen LogP contribution is 2.29. The first-order chi connectivity index (χ1) is 9.97. The maximum absolute atomic E-state index is 5.86. The molecule has 114 valence electrons. The number of anilines is 1. The van der Waals surface area contributed by atoms with Crippen LogP contribution in [0, 0.1) is 5.92 Å². The summed E-state index contributed by atoms with van der Waals surface area (Å²) < 4.78 is 0. The maximum Gasteiger partial charge on any atom is 0.112 e. The average Bonchev–Trinajstić information content (AvgIpc) is 3.03. The molecule has 0 aliphatic heterocycles. The third-order valence-electron chi connectivity index (χ3n) is 4.51. The fraction of sp³-hybridized carbons (Fsp3) is 0.588. The second-order valence-corrected chi connectivity index (χ2v) is 7.24. The molecule has 1 aromatic carbocycles. The van der Waals surface area contributed by atoms with Crippen molar-refractivity contribution in [3.63, 3.8) is 0 Å². The molecule has 2 aromatic rings. The van der Waals surface area contributed by atoms with Crippen LogP contribution in [0.4, 0.5) is 5.69 Å². The van der Waals surface area contributed by atoms with E-state index in [1.807, 2.05) is 0 Å². The molecule has 0 amide bonds. The van der Waals surface area contributed by atoms with Gasteiger partial charge in [-0.05, 0) is 43.5 Å². The van der Waals surface area contributed by atoms with E-state index in [-0.39, 0.29) is 5.41 Å². The number of nitrogens with two attached hydrogens (primary N) is 1. The van der Waals surface area contributed by atoms with Crippen LogP contribution in [-0.4, -0.2) is 22.6 Å². The molecule has 1 aliphatic carbocycles. The number of nitrogens with one attached hydrogen (secondary N) is 2. The lowest BCUT2D eigenvalue weighted by Crippen LogP contribution is -2.29. The third kappa shape index (κ3) is 2.91. The van der Waals surface area contributed by atoms with E-state index in [4.69, 9.17) is 5.73 Å². The molecule has 2 unspecified atom stereocenters. The zero-order valence-electron chi connectivity index (χ0n) is 13.2. The summed E-state index contributed by atoms with van der Waals surface area (Å²) in [6.07, 6.45) is 3.74. The van der Waals surface area contributed by atoms with E-state index < -0.39 is 0 Å². The number of rotatable bonds is 3. The Morgan fingerprint density at radius 2 is 2.14 bits per heavy atom. The molecule has 0 spiro atoms. The van der Waals surface area contributed by atoms with Crippen LogP contribution in [0.3, 0.4) is 0 Å². The number of fused-ring (bicyclic) bond motifs is 1. The molecule has 21 heavy (non-hydrogen) atoms. The first-order valence-electron chi connectivity index (χ1n) is 7.94. The van der Waals surface area contributed by atoms with E-state index in [1.54, 1.807) is 0 Å². The largest absolute Gasteiger partial charge is 0.382 e. The Morgan fingerprint density at radius 3 is 2.86 bits per heavy atom. The minimum atomic E-state index is 0.0444. The minimum Gasteiger partial charge on any atom is -0.382 e. The zero-order valence-corrected chi connectivity index (χ0v) is 13.2. The fourth-order valence-electron chi connectivity index (χ4n) is 3.18. The van der Waals surface area contributed by atoms with E-state index in [9.17, 15) is 0 Å². The van der Waals surface area contributed by atoms with Crippen molar-refractivity contribution in [1.29, 1.82) is 0 Å². The molecule has 1 fully saturated rings. The number of hydrogen-bond donors (Lipinski definition) is 3. The number of imidazole rings is 1. The van der Waals surface area contributed by atoms with Crippen LogP contribution in [0.25, 0.3) is 11.0 Å². The predicted octanol–water partition coefficient (Wildman–Crippen LogP) is 3.40. The van der Waals surface area contributed by atoms with Gasteiger partial charge in [0.15, 0.2) is 0 Å². The highest BCUT2D eigenvalue weighted by molar-refractivity contribution is 5.79. The SMILES string of the molecule is CC(C)(C)c1nc2ccc(NC3CCCC3CN)cc2[nH]1. The number of hydrogen-bond acceptors (Lipinski definition) is 3. The minimum absolute atomic E-state index is 0.0444. The summed E-state index contributed by atoms with van der Waals surface area (Å²) in [6, 6.07) is 6.90. The van der Waals surface area contributed by atoms with E-state index in [0.29, 0.717) is 12.0 Å². The van der Waals surface area contributed by atoms with Gasteiger partial charge < -0.3 is 16.0 Å². The molecule has 0 saturated heterocycles. The topological polar surface area (TPSA) is 66.7 Å². The summed E-state index contributed by atoms with van der Waals surface area (Å²) in [4.78, 5) is 8.13. The van der Waals surface area contributed by atoms with Crippen LogP contribution in [0.5, 0.6) is 0 Å². The van der Waals surface area contributed by atoms with Gasteiger partial charge in [0.25, 0.3) is 0 Å². The Hall–Kier alpha value is -1.55. The predicted molar refractivity (Wildman–Crippen MR) is 88.6 cm³/mol. The molecule has 3 rings (SSSR count). The van der Waals surface area contributed by atoms with Crippen molar-refractivity contribution in [2.45, 2.75) is 51.5 Å². The zero-order chi connectivity index (χ0) is 15.0. The van der Waals surface area contributed by atoms with Crippen LogP contribution in [-0.2, 0) is 5.41 Å². The van der Waals surface area contributed by atoms with Gasteiger partial charge in [-0.25, -0.2) is 4.98 Å². The van der Waals surface area contributed by atoms with E-state index >= 15 is 0 Å². The number of aromatic amines is 1. The Morgan fingerprint density at radius 1 is 1.33 bits per heavy atom. The second-order valence-electron chi connectivity index (χ2n) is 7.24. The Balaban J connectivity index is 1.84. The van der Waals surface area contributed by atoms with Gasteiger partial charge in [-0.2, -0.15) is 0 Å². The van der Waals surface area contributed by atoms with Gasteiger partial charge >= 0.3 is 0 Å². The smallest absolute Gasteiger partial charge is 0.112 e. The first-order valence-corrected chi connectivity index (χ1v) is 7.94. The van der Waals surface area contributed by atoms with Crippen molar-refractivity contribution in [3.05, 3.63) is 24.0 Å². The van der Waals surface area contributed by atoms with E-state index in [0.717, 1.165) is 29.1 Å². The maximum atomic E-state index is 5.86. The van der Waals surface area contributed by atoms with Gasteiger partial charge in [0.05, 0.1) is 11.0 Å². The molecule has 4 heteroatoms. The lowest BCUT2D eigenvalue weighted by atomic mass is 9.96. The molecule has 1 saturated carbocycles. The summed E-state index contributed by atoms with van der Waals surface area (Å²) in [5.41, 5.74) is 9.21. The van der Waals surface area contributed by atoms with Crippen molar-refractivity contribution in [2.24, 2.45) is 11.7 Å². The van der Waals surface area contributed by atoms with E-state index in [1.165, 1.54) is 19.3 Å². The Kier molecular flexibility index (Phi) is 3.66. The highest BCUT2D eigenvalue weighted by Gasteiger charge is 2.26. The monoisotopic (exact) mass is 286 g/mol. The number of aromatic nitrogens is 2. The molecule has 2 atom stereocenters. The number of benzene rings is 1. The molecule has 4 N–H and O–H groups in total. The Labute approximate surface area is 126 Å². The molecular formula is C17H26N4. The first kappa shape index (κ1) is 14.4. The summed E-state index contributed by atoms with van der Waals surface area (Å²) in [5.74, 6) is 1.64. The van der Waals surface area contributed by atoms with Crippen molar-refractivity contribution in [1.82, 2.24) is 9.97 Å². The highest BCUT2D eigenvalue weighted by atomic mass is 15.0. The van der Waals surface area contributed by atoms with Crippen molar-refractivity contribution >= 4 is 16.7 Å². The summed E-state index contributed by atoms with van der Waals surface area (Å²) in [5, 5.41) is 3.65. The van der Waals surface area contributed by atoms with Gasteiger partial charge in [0.1, 0.15) is 5.82 Å². The number of nitrogens with zero attached hydrogens (tertiary/aromatic N) is 1. The lowest BCUT2D eigenvalue weighted by Gasteiger charge is -2.20. The van der Waals surface area contributed by atoms with Gasteiger partial charge in [0, 0.05) is 17.1 Å². The second kappa shape index (κ2) is 5.34. The molecule has 1 aliphatic rings. The standard InChI is InChI=1S/C17H26N4/c1-17(2,3)16-20-14-8-7-12(9-15(14)21-16)19-13-6-4-5-11(13)10-18/h7-9,11,13,19H,4-6,10,18H2,1-3H3,(H,20,21). The summed E-state index contributed by atoms with van der Waals surface area (Å²) >= 11 is 0. The molecule has 0 bridgehead atoms. The van der Waals surface area contributed by atoms with Gasteiger partial charge in [-0.3, -0.25) is 0 Å². The molecular weight excluding hydrogens is 260 g/mol. The van der Waals surface area contributed by atoms with E-state index in [2.05, 4.69) is 54.3 Å². The van der Waals surface area contributed by atoms with Gasteiger partial charge in [-0.1, -0.05) is 27.2 Å². The van der Waals surface area contributed by atoms with Crippen molar-refractivity contribution in [2.75, 3.05) is 11.9 Å². The fourth-order valence-corrected chi connectivity index (χ4v) is 3.18. The van der Waals surface area contributed by atoms with Crippen LogP contribution in [0.15, 0.2) is 18.2 Å². The molecule has 1 heterocycles. The third-order valence-corrected chi connectivity index (χ3v) is 4.51. The van der Waals surface area contributed by atoms with Gasteiger partial charge in [0.2, 0.25) is 0 Å². The van der Waals surface area contributed by atoms with Gasteiger partial charge in [-0.15, -0.1) is 0 Å².